The molecule has 9 heteroatoms. The molecule has 9 nitrogen and oxygen atoms in total. The number of nitrogens with zero attached hydrogens (tertiary/aromatic N) is 4. The zero-order chi connectivity index (χ0) is 24.6. The van der Waals surface area contributed by atoms with E-state index in [0.29, 0.717) is 25.5 Å². The van der Waals surface area contributed by atoms with Gasteiger partial charge < -0.3 is 14.2 Å². The number of carbonyl (C=O) groups is 2. The van der Waals surface area contributed by atoms with Gasteiger partial charge in [-0.3, -0.25) is 9.74 Å². The summed E-state index contributed by atoms with van der Waals surface area (Å²) in [6.07, 6.45) is 4.31. The lowest BCUT2D eigenvalue weighted by Crippen LogP contribution is -2.45. The number of carbonyl (C=O) groups excluding carboxylic acids is 2. The summed E-state index contributed by atoms with van der Waals surface area (Å²) in [4.78, 5) is 35.4. The topological polar surface area (TPSA) is 88.4 Å². The second kappa shape index (κ2) is 9.53. The smallest absolute Gasteiger partial charge is 0.410 e. The van der Waals surface area contributed by atoms with Crippen molar-refractivity contribution in [2.24, 2.45) is 0 Å². The first-order valence-corrected chi connectivity index (χ1v) is 12.5. The number of urea groups is 1. The number of hydrogen-bond acceptors (Lipinski definition) is 6. The molecule has 2 aromatic rings. The van der Waals surface area contributed by atoms with Gasteiger partial charge >= 0.3 is 12.1 Å². The normalized spacial score (nSPS) is 22.3. The van der Waals surface area contributed by atoms with Crippen LogP contribution in [0.4, 0.5) is 9.59 Å². The third kappa shape index (κ3) is 5.15. The molecule has 3 amide bonds. The minimum Gasteiger partial charge on any atom is -0.444 e. The number of ether oxygens (including phenoxy) is 1. The lowest BCUT2D eigenvalue weighted by molar-refractivity contribution is -0.140. The van der Waals surface area contributed by atoms with Crippen molar-refractivity contribution in [1.82, 2.24) is 20.0 Å². The average molecular weight is 483 g/mol. The van der Waals surface area contributed by atoms with E-state index in [0.717, 1.165) is 43.4 Å². The van der Waals surface area contributed by atoms with E-state index in [1.165, 1.54) is 5.06 Å². The van der Waals surface area contributed by atoms with Crippen LogP contribution in [0.1, 0.15) is 75.9 Å². The van der Waals surface area contributed by atoms with Gasteiger partial charge in [0.1, 0.15) is 17.9 Å². The summed E-state index contributed by atoms with van der Waals surface area (Å²) < 4.78 is 11.3. The Hall–Kier alpha value is -3.07. The highest BCUT2D eigenvalue weighted by molar-refractivity contribution is 5.77. The summed E-state index contributed by atoms with van der Waals surface area (Å²) in [5, 5.41) is 5.82. The van der Waals surface area contributed by atoms with Crippen LogP contribution in [-0.2, 0) is 22.7 Å². The largest absolute Gasteiger partial charge is 0.444 e. The van der Waals surface area contributed by atoms with Gasteiger partial charge in [0.05, 0.1) is 18.6 Å². The van der Waals surface area contributed by atoms with Crippen LogP contribution in [0.15, 0.2) is 40.9 Å². The van der Waals surface area contributed by atoms with E-state index >= 15 is 0 Å². The van der Waals surface area contributed by atoms with Gasteiger partial charge in [0.2, 0.25) is 0 Å². The zero-order valence-electron chi connectivity index (χ0n) is 20.7. The third-order valence-corrected chi connectivity index (χ3v) is 6.92. The first-order chi connectivity index (χ1) is 16.8. The molecule has 1 aliphatic carbocycles. The van der Waals surface area contributed by atoms with Crippen LogP contribution in [0.25, 0.3) is 0 Å². The van der Waals surface area contributed by atoms with E-state index in [1.54, 1.807) is 4.90 Å². The maximum atomic E-state index is 13.1. The van der Waals surface area contributed by atoms with Crippen LogP contribution in [0.2, 0.25) is 0 Å². The van der Waals surface area contributed by atoms with Crippen LogP contribution in [-0.4, -0.2) is 56.4 Å². The Kier molecular flexibility index (Phi) is 6.44. The predicted octanol–water partition coefficient (Wildman–Crippen LogP) is 5.04. The molecular weight excluding hydrogens is 448 g/mol. The maximum absolute atomic E-state index is 13.1. The van der Waals surface area contributed by atoms with Gasteiger partial charge in [-0.2, -0.15) is 5.06 Å². The molecule has 0 N–H and O–H groups in total. The third-order valence-electron chi connectivity index (χ3n) is 6.92. The van der Waals surface area contributed by atoms with Crippen molar-refractivity contribution in [3.05, 3.63) is 53.4 Å². The number of rotatable bonds is 7. The fourth-order valence-electron chi connectivity index (χ4n) is 4.91. The molecule has 2 aliphatic heterocycles. The van der Waals surface area contributed by atoms with Gasteiger partial charge in [0.25, 0.3) is 0 Å². The molecular formula is C26H34N4O5. The molecule has 5 rings (SSSR count). The molecule has 2 saturated heterocycles. The highest BCUT2D eigenvalue weighted by Gasteiger charge is 2.47. The van der Waals surface area contributed by atoms with Crippen molar-refractivity contribution in [1.29, 1.82) is 0 Å². The Balaban J connectivity index is 1.24. The average Bonchev–Trinajstić information content (AvgIpc) is 3.34. The van der Waals surface area contributed by atoms with E-state index in [-0.39, 0.29) is 30.2 Å². The maximum Gasteiger partial charge on any atom is 0.410 e. The van der Waals surface area contributed by atoms with Crippen molar-refractivity contribution < 1.29 is 23.7 Å². The summed E-state index contributed by atoms with van der Waals surface area (Å²) >= 11 is 0. The molecule has 2 bridgehead atoms. The Morgan fingerprint density at radius 2 is 1.94 bits per heavy atom. The molecule has 0 unspecified atom stereocenters. The Bertz CT molecular complexity index is 1050. The number of hydrogen-bond donors (Lipinski definition) is 0. The van der Waals surface area contributed by atoms with Gasteiger partial charge in [0.15, 0.2) is 5.76 Å². The molecule has 1 saturated carbocycles. The van der Waals surface area contributed by atoms with Gasteiger partial charge in [-0.25, -0.2) is 9.59 Å². The van der Waals surface area contributed by atoms with Crippen LogP contribution in [0, 0.1) is 0 Å². The van der Waals surface area contributed by atoms with Crippen molar-refractivity contribution >= 4 is 12.1 Å². The zero-order valence-corrected chi connectivity index (χ0v) is 20.7. The first kappa shape index (κ1) is 23.7. The molecule has 3 fully saturated rings. The summed E-state index contributed by atoms with van der Waals surface area (Å²) in [5.41, 5.74) is 1.18. The van der Waals surface area contributed by atoms with Gasteiger partial charge in [-0.05, 0) is 58.4 Å². The van der Waals surface area contributed by atoms with Crippen molar-refractivity contribution in [2.75, 3.05) is 6.54 Å². The lowest BCUT2D eigenvalue weighted by Gasteiger charge is -2.37. The van der Waals surface area contributed by atoms with Crippen LogP contribution in [0.3, 0.4) is 0 Å². The van der Waals surface area contributed by atoms with E-state index < -0.39 is 5.60 Å². The predicted molar refractivity (Wildman–Crippen MR) is 127 cm³/mol. The first-order valence-electron chi connectivity index (χ1n) is 12.5. The fourth-order valence-corrected chi connectivity index (χ4v) is 4.91. The molecule has 0 spiro atoms. The highest BCUT2D eigenvalue weighted by atomic mass is 16.7. The van der Waals surface area contributed by atoms with E-state index in [2.05, 4.69) is 5.16 Å². The highest BCUT2D eigenvalue weighted by Crippen LogP contribution is 2.38. The Morgan fingerprint density at radius 1 is 1.17 bits per heavy atom. The fraction of sp³-hybridized carbons (Fsp3) is 0.577. The number of aromatic nitrogens is 1. The van der Waals surface area contributed by atoms with Crippen LogP contribution in [0.5, 0.6) is 0 Å². The number of piperidine rings is 1. The van der Waals surface area contributed by atoms with Crippen molar-refractivity contribution in [3.63, 3.8) is 0 Å². The minimum absolute atomic E-state index is 0.0371. The molecule has 2 atom stereocenters. The Labute approximate surface area is 205 Å². The summed E-state index contributed by atoms with van der Waals surface area (Å²) in [6, 6.07) is 11.6. The summed E-state index contributed by atoms with van der Waals surface area (Å²) in [5.74, 6) is 0.601. The van der Waals surface area contributed by atoms with E-state index in [1.807, 2.05) is 62.1 Å². The molecule has 0 radical (unpaired) electrons. The van der Waals surface area contributed by atoms with Crippen molar-refractivity contribution in [2.45, 2.75) is 89.8 Å². The monoisotopic (exact) mass is 482 g/mol. The summed E-state index contributed by atoms with van der Waals surface area (Å²) in [6.45, 7) is 6.87. The van der Waals surface area contributed by atoms with Crippen LogP contribution >= 0.6 is 0 Å². The number of benzene rings is 1. The SMILES string of the molecule is CC(C)(C)OC(=O)N(Cc1cc([C@@H]2CC[C@@H]3CN2C(=O)N3OCc2ccccc2)no1)C1CCC1. The number of hydroxylamine groups is 2. The van der Waals surface area contributed by atoms with Crippen molar-refractivity contribution in [3.8, 4) is 0 Å². The number of amides is 3. The minimum atomic E-state index is -0.561. The Morgan fingerprint density at radius 3 is 2.63 bits per heavy atom. The standard InChI is InChI=1S/C26H34N4O5/c1-26(2,3)34-25(32)28(19-10-7-11-19)16-21-14-22(27-35-21)23-13-12-20-15-29(23)24(31)30(20)33-17-18-8-5-4-6-9-18/h4-6,8-9,14,19-20,23H,7,10-13,15-17H2,1-3H3/t20-,23+/m1/s1. The summed E-state index contributed by atoms with van der Waals surface area (Å²) in [7, 11) is 0. The second-order valence-corrected chi connectivity index (χ2v) is 10.7. The number of fused-ring (bicyclic) bond motifs is 2. The van der Waals surface area contributed by atoms with Gasteiger partial charge in [0, 0.05) is 18.7 Å². The lowest BCUT2D eigenvalue weighted by atomic mass is 9.91. The van der Waals surface area contributed by atoms with Crippen LogP contribution < -0.4 is 0 Å². The van der Waals surface area contributed by atoms with Gasteiger partial charge in [-0.1, -0.05) is 35.5 Å². The van der Waals surface area contributed by atoms with Gasteiger partial charge in [-0.15, -0.1) is 0 Å². The molecule has 1 aromatic heterocycles. The molecule has 3 heterocycles. The quantitative estimate of drug-likeness (QED) is 0.550. The van der Waals surface area contributed by atoms with E-state index in [4.69, 9.17) is 14.1 Å². The molecule has 3 aliphatic rings. The second-order valence-electron chi connectivity index (χ2n) is 10.7. The molecule has 1 aromatic carbocycles. The molecule has 188 valence electrons. The van der Waals surface area contributed by atoms with E-state index in [9.17, 15) is 9.59 Å². The molecule has 35 heavy (non-hydrogen) atoms.